The minimum absolute atomic E-state index is 0.00547. The van der Waals surface area contributed by atoms with Gasteiger partial charge in [0.25, 0.3) is 11.8 Å². The van der Waals surface area contributed by atoms with Crippen LogP contribution in [0.15, 0.2) is 42.5 Å². The molecule has 0 spiro atoms. The predicted octanol–water partition coefficient (Wildman–Crippen LogP) is 3.78. The van der Waals surface area contributed by atoms with E-state index in [-0.39, 0.29) is 24.1 Å². The summed E-state index contributed by atoms with van der Waals surface area (Å²) in [4.78, 5) is 44.3. The summed E-state index contributed by atoms with van der Waals surface area (Å²) in [5.74, 6) is 0.434. The Morgan fingerprint density at radius 3 is 2.70 bits per heavy atom. The second-order valence-electron chi connectivity index (χ2n) is 7.42. The van der Waals surface area contributed by atoms with Crippen LogP contribution in [-0.2, 0) is 4.79 Å². The van der Waals surface area contributed by atoms with E-state index in [0.717, 1.165) is 11.9 Å². The average Bonchev–Trinajstić information content (AvgIpc) is 3.07. The van der Waals surface area contributed by atoms with Crippen LogP contribution in [0.5, 0.6) is 5.75 Å². The zero-order valence-corrected chi connectivity index (χ0v) is 17.2. The third-order valence-corrected chi connectivity index (χ3v) is 5.24. The van der Waals surface area contributed by atoms with E-state index in [4.69, 9.17) is 4.74 Å². The Bertz CT molecular complexity index is 1160. The summed E-state index contributed by atoms with van der Waals surface area (Å²) in [5.41, 5.74) is 2.36. The third-order valence-electron chi connectivity index (χ3n) is 5.24. The number of Topliss-reactive ketones (excluding diaryl/α,β-unsaturated/α-hetero) is 1. The highest BCUT2D eigenvalue weighted by atomic mass is 16.5. The molecule has 2 aromatic carbocycles. The van der Waals surface area contributed by atoms with Crippen molar-refractivity contribution in [2.75, 3.05) is 11.4 Å². The maximum atomic E-state index is 13.2. The van der Waals surface area contributed by atoms with Crippen LogP contribution in [0.4, 0.5) is 5.69 Å². The van der Waals surface area contributed by atoms with Gasteiger partial charge in [-0.3, -0.25) is 23.9 Å². The number of benzene rings is 2. The molecule has 0 radical (unpaired) electrons. The topological polar surface area (TPSA) is 81.5 Å². The molecule has 154 valence electrons. The molecule has 0 N–H and O–H groups in total. The first kappa shape index (κ1) is 19.8. The van der Waals surface area contributed by atoms with E-state index in [1.807, 2.05) is 31.2 Å². The Balaban J connectivity index is 1.72. The Morgan fingerprint density at radius 2 is 1.93 bits per heavy atom. The van der Waals surface area contributed by atoms with E-state index >= 15 is 0 Å². The van der Waals surface area contributed by atoms with E-state index in [2.05, 4.69) is 4.98 Å². The highest BCUT2D eigenvalue weighted by molar-refractivity contribution is 6.06. The molecule has 0 bridgehead atoms. The zero-order chi connectivity index (χ0) is 21.4. The van der Waals surface area contributed by atoms with Gasteiger partial charge in [-0.25, -0.2) is 4.98 Å². The van der Waals surface area contributed by atoms with Gasteiger partial charge in [0, 0.05) is 12.0 Å². The number of carbonyl (C=O) groups is 3. The SMILES string of the molecule is CCCC(=O)c1ccc2c(c1)N(CC(=O)n1c(C)nc3ccccc31)C(=O)C(C)O2. The summed E-state index contributed by atoms with van der Waals surface area (Å²) < 4.78 is 7.22. The molecule has 2 heterocycles. The first-order valence-electron chi connectivity index (χ1n) is 10.0. The Labute approximate surface area is 174 Å². The van der Waals surface area contributed by atoms with Gasteiger partial charge in [-0.1, -0.05) is 19.1 Å². The maximum absolute atomic E-state index is 13.2. The van der Waals surface area contributed by atoms with Crippen molar-refractivity contribution in [1.29, 1.82) is 0 Å². The average molecular weight is 405 g/mol. The van der Waals surface area contributed by atoms with Gasteiger partial charge in [0.1, 0.15) is 18.1 Å². The molecular formula is C23H23N3O4. The minimum Gasteiger partial charge on any atom is -0.479 e. The number of para-hydroxylation sites is 2. The van der Waals surface area contributed by atoms with Crippen molar-refractivity contribution in [3.05, 3.63) is 53.9 Å². The van der Waals surface area contributed by atoms with E-state index < -0.39 is 6.10 Å². The molecule has 3 aromatic rings. The van der Waals surface area contributed by atoms with E-state index in [9.17, 15) is 14.4 Å². The fourth-order valence-electron chi connectivity index (χ4n) is 3.78. The molecule has 1 aliphatic rings. The Hall–Kier alpha value is -3.48. The highest BCUT2D eigenvalue weighted by Crippen LogP contribution is 2.35. The number of hydrogen-bond acceptors (Lipinski definition) is 5. The molecule has 4 rings (SSSR count). The first-order valence-corrected chi connectivity index (χ1v) is 10.0. The second-order valence-corrected chi connectivity index (χ2v) is 7.42. The molecule has 1 aromatic heterocycles. The largest absolute Gasteiger partial charge is 0.479 e. The monoisotopic (exact) mass is 405 g/mol. The second kappa shape index (κ2) is 7.74. The fourth-order valence-corrected chi connectivity index (χ4v) is 3.78. The molecule has 0 saturated carbocycles. The lowest BCUT2D eigenvalue weighted by Crippen LogP contribution is -2.47. The van der Waals surface area contributed by atoms with Crippen LogP contribution in [0.2, 0.25) is 0 Å². The molecule has 1 unspecified atom stereocenters. The molecule has 0 aliphatic carbocycles. The van der Waals surface area contributed by atoms with Gasteiger partial charge in [-0.05, 0) is 50.6 Å². The molecule has 30 heavy (non-hydrogen) atoms. The Kier molecular flexibility index (Phi) is 5.11. The normalized spacial score (nSPS) is 15.8. The predicted molar refractivity (Wildman–Crippen MR) is 113 cm³/mol. The van der Waals surface area contributed by atoms with E-state index in [1.165, 1.54) is 9.47 Å². The standard InChI is InChI=1S/C23H23N3O4/c1-4-7-20(27)16-10-11-21-19(12-16)25(23(29)14(2)30-21)13-22(28)26-15(3)24-17-8-5-6-9-18(17)26/h5-6,8-12,14H,4,7,13H2,1-3H3. The molecule has 0 fully saturated rings. The quantitative estimate of drug-likeness (QED) is 0.604. The summed E-state index contributed by atoms with van der Waals surface area (Å²) in [5, 5.41) is 0. The van der Waals surface area contributed by atoms with Gasteiger partial charge < -0.3 is 4.74 Å². The number of hydrogen-bond donors (Lipinski definition) is 0. The fraction of sp³-hybridized carbons (Fsp3) is 0.304. The van der Waals surface area contributed by atoms with Gasteiger partial charge in [-0.15, -0.1) is 0 Å². The van der Waals surface area contributed by atoms with E-state index in [0.29, 0.717) is 34.8 Å². The lowest BCUT2D eigenvalue weighted by Gasteiger charge is -2.33. The number of fused-ring (bicyclic) bond motifs is 2. The van der Waals surface area contributed by atoms with Crippen molar-refractivity contribution in [3.63, 3.8) is 0 Å². The number of anilines is 1. The lowest BCUT2D eigenvalue weighted by atomic mass is 10.0. The molecule has 1 aliphatic heterocycles. The van der Waals surface area contributed by atoms with Crippen LogP contribution in [0.25, 0.3) is 11.0 Å². The number of rotatable bonds is 5. The zero-order valence-electron chi connectivity index (χ0n) is 17.2. The summed E-state index contributed by atoms with van der Waals surface area (Å²) in [6.07, 6.45) is 0.434. The van der Waals surface area contributed by atoms with Crippen LogP contribution in [0, 0.1) is 6.92 Å². The number of nitrogens with zero attached hydrogens (tertiary/aromatic N) is 3. The number of ether oxygens (including phenoxy) is 1. The molecule has 7 heteroatoms. The van der Waals surface area contributed by atoms with Crippen molar-refractivity contribution in [2.45, 2.75) is 39.7 Å². The number of carbonyl (C=O) groups excluding carboxylic acids is 3. The van der Waals surface area contributed by atoms with Crippen molar-refractivity contribution in [3.8, 4) is 5.75 Å². The minimum atomic E-state index is -0.719. The van der Waals surface area contributed by atoms with Gasteiger partial charge >= 0.3 is 0 Å². The van der Waals surface area contributed by atoms with Crippen molar-refractivity contribution >= 4 is 34.3 Å². The third kappa shape index (κ3) is 3.36. The van der Waals surface area contributed by atoms with E-state index in [1.54, 1.807) is 32.0 Å². The number of aromatic nitrogens is 2. The smallest absolute Gasteiger partial charge is 0.268 e. The number of ketones is 1. The van der Waals surface area contributed by atoms with Crippen LogP contribution >= 0.6 is 0 Å². The molecule has 7 nitrogen and oxygen atoms in total. The van der Waals surface area contributed by atoms with Gasteiger partial charge in [-0.2, -0.15) is 0 Å². The summed E-state index contributed by atoms with van der Waals surface area (Å²) in [6.45, 7) is 5.17. The van der Waals surface area contributed by atoms with Gasteiger partial charge in [0.2, 0.25) is 0 Å². The number of aryl methyl sites for hydroxylation is 1. The van der Waals surface area contributed by atoms with Crippen LogP contribution in [-0.4, -0.2) is 39.8 Å². The summed E-state index contributed by atoms with van der Waals surface area (Å²) in [7, 11) is 0. The molecule has 1 atom stereocenters. The van der Waals surface area contributed by atoms with Gasteiger partial charge in [0.15, 0.2) is 11.9 Å². The summed E-state index contributed by atoms with van der Waals surface area (Å²) in [6, 6.07) is 12.4. The van der Waals surface area contributed by atoms with Gasteiger partial charge in [0.05, 0.1) is 16.7 Å². The van der Waals surface area contributed by atoms with Crippen molar-refractivity contribution < 1.29 is 19.1 Å². The lowest BCUT2D eigenvalue weighted by molar-refractivity contribution is -0.125. The number of imidazole rings is 1. The first-order chi connectivity index (χ1) is 14.4. The molecule has 0 saturated heterocycles. The maximum Gasteiger partial charge on any atom is 0.268 e. The molecule has 1 amide bonds. The summed E-state index contributed by atoms with van der Waals surface area (Å²) >= 11 is 0. The highest BCUT2D eigenvalue weighted by Gasteiger charge is 2.34. The van der Waals surface area contributed by atoms with Crippen molar-refractivity contribution in [2.24, 2.45) is 0 Å². The van der Waals surface area contributed by atoms with Crippen LogP contribution < -0.4 is 9.64 Å². The van der Waals surface area contributed by atoms with Crippen molar-refractivity contribution in [1.82, 2.24) is 9.55 Å². The molecular weight excluding hydrogens is 382 g/mol. The van der Waals surface area contributed by atoms with Crippen LogP contribution in [0.1, 0.15) is 47.7 Å². The van der Waals surface area contributed by atoms with Crippen LogP contribution in [0.3, 0.4) is 0 Å². The Morgan fingerprint density at radius 1 is 1.17 bits per heavy atom. The number of amides is 1.